The molecule has 0 aliphatic carbocycles. The third-order valence-corrected chi connectivity index (χ3v) is 2.72. The molecule has 0 saturated heterocycles. The first-order chi connectivity index (χ1) is 5.95. The lowest BCUT2D eigenvalue weighted by molar-refractivity contribution is 0.144. The van der Waals surface area contributed by atoms with Crippen LogP contribution >= 0.6 is 31.9 Å². The van der Waals surface area contributed by atoms with Crippen molar-refractivity contribution in [3.63, 3.8) is 0 Å². The number of halogens is 6. The molecule has 0 N–H and O–H groups in total. The van der Waals surface area contributed by atoms with Crippen LogP contribution in [0.2, 0.25) is 0 Å². The molecule has 1 rings (SSSR count). The minimum atomic E-state index is -3.04. The van der Waals surface area contributed by atoms with E-state index in [0.717, 1.165) is 0 Å². The van der Waals surface area contributed by atoms with Gasteiger partial charge in [0.2, 0.25) is 0 Å². The van der Waals surface area contributed by atoms with Crippen LogP contribution in [0.5, 0.6) is 0 Å². The van der Waals surface area contributed by atoms with E-state index in [1.807, 2.05) is 0 Å². The fourth-order valence-corrected chi connectivity index (χ4v) is 2.02. The van der Waals surface area contributed by atoms with Crippen LogP contribution in [-0.4, -0.2) is 0 Å². The van der Waals surface area contributed by atoms with Crippen LogP contribution < -0.4 is 0 Å². The molecule has 0 aromatic heterocycles. The Hall–Kier alpha value is -0.100. The maximum absolute atomic E-state index is 12.9. The van der Waals surface area contributed by atoms with Crippen LogP contribution in [0.15, 0.2) is 15.0 Å². The SMILES string of the molecule is Fc1cc(Br)c(F)c(Br)c1C(F)F. The van der Waals surface area contributed by atoms with Gasteiger partial charge in [-0.1, -0.05) is 0 Å². The van der Waals surface area contributed by atoms with Crippen molar-refractivity contribution in [2.75, 3.05) is 0 Å². The molecule has 0 fully saturated rings. The van der Waals surface area contributed by atoms with E-state index in [0.29, 0.717) is 6.07 Å². The lowest BCUT2D eigenvalue weighted by Gasteiger charge is -2.06. The number of rotatable bonds is 1. The fourth-order valence-electron chi connectivity index (χ4n) is 0.780. The van der Waals surface area contributed by atoms with E-state index in [9.17, 15) is 17.6 Å². The molecular weight excluding hydrogens is 320 g/mol. The lowest BCUT2D eigenvalue weighted by atomic mass is 10.2. The summed E-state index contributed by atoms with van der Waals surface area (Å²) in [5, 5.41) is 0. The summed E-state index contributed by atoms with van der Waals surface area (Å²) < 4.78 is 49.3. The zero-order valence-corrected chi connectivity index (χ0v) is 9.09. The maximum Gasteiger partial charge on any atom is 0.267 e. The summed E-state index contributed by atoms with van der Waals surface area (Å²) in [6, 6.07) is 0.668. The Balaban J connectivity index is 3.44. The highest BCUT2D eigenvalue weighted by Gasteiger charge is 2.22. The minimum absolute atomic E-state index is 0.193. The first kappa shape index (κ1) is 11.0. The molecule has 72 valence electrons. The maximum atomic E-state index is 12.9. The summed E-state index contributed by atoms with van der Waals surface area (Å²) in [6.45, 7) is 0. The van der Waals surface area contributed by atoms with Gasteiger partial charge in [0.05, 0.1) is 14.5 Å². The Labute approximate surface area is 88.2 Å². The zero-order chi connectivity index (χ0) is 10.2. The van der Waals surface area contributed by atoms with Crippen molar-refractivity contribution in [1.82, 2.24) is 0 Å². The van der Waals surface area contributed by atoms with Gasteiger partial charge in [-0.05, 0) is 37.9 Å². The van der Waals surface area contributed by atoms with Crippen LogP contribution in [0, 0.1) is 11.6 Å². The van der Waals surface area contributed by atoms with Crippen LogP contribution in [-0.2, 0) is 0 Å². The molecule has 0 amide bonds. The minimum Gasteiger partial charge on any atom is -0.206 e. The smallest absolute Gasteiger partial charge is 0.206 e. The Kier molecular flexibility index (Phi) is 3.34. The molecule has 0 atom stereocenters. The van der Waals surface area contributed by atoms with Crippen molar-refractivity contribution in [3.8, 4) is 0 Å². The second-order valence-corrected chi connectivity index (χ2v) is 3.83. The fraction of sp³-hybridized carbons (Fsp3) is 0.143. The molecule has 0 aliphatic heterocycles. The van der Waals surface area contributed by atoms with Gasteiger partial charge in [0.25, 0.3) is 6.43 Å². The van der Waals surface area contributed by atoms with Crippen LogP contribution in [0.3, 0.4) is 0 Å². The van der Waals surface area contributed by atoms with Gasteiger partial charge in [-0.2, -0.15) is 0 Å². The molecule has 0 heterocycles. The van der Waals surface area contributed by atoms with E-state index in [1.54, 1.807) is 0 Å². The predicted molar refractivity (Wildman–Crippen MR) is 46.7 cm³/mol. The lowest BCUT2D eigenvalue weighted by Crippen LogP contribution is -1.96. The van der Waals surface area contributed by atoms with E-state index in [4.69, 9.17) is 0 Å². The van der Waals surface area contributed by atoms with Crippen LogP contribution in [0.4, 0.5) is 17.6 Å². The molecule has 13 heavy (non-hydrogen) atoms. The van der Waals surface area contributed by atoms with Gasteiger partial charge < -0.3 is 0 Å². The molecular formula is C7H2Br2F4. The Morgan fingerprint density at radius 2 is 1.69 bits per heavy atom. The molecule has 0 unspecified atom stereocenters. The number of hydrogen-bond donors (Lipinski definition) is 0. The summed E-state index contributed by atoms with van der Waals surface area (Å²) in [6.07, 6.45) is -3.04. The van der Waals surface area contributed by atoms with Gasteiger partial charge >= 0.3 is 0 Å². The van der Waals surface area contributed by atoms with E-state index < -0.39 is 28.1 Å². The second kappa shape index (κ2) is 3.96. The summed E-state index contributed by atoms with van der Waals surface area (Å²) in [5.41, 5.74) is -0.958. The van der Waals surface area contributed by atoms with Gasteiger partial charge in [-0.25, -0.2) is 17.6 Å². The van der Waals surface area contributed by atoms with E-state index in [-0.39, 0.29) is 4.47 Å². The third kappa shape index (κ3) is 2.04. The normalized spacial score (nSPS) is 11.0. The summed E-state index contributed by atoms with van der Waals surface area (Å²) in [5.74, 6) is -2.08. The second-order valence-electron chi connectivity index (χ2n) is 2.18. The average molecular weight is 322 g/mol. The molecule has 0 spiro atoms. The molecule has 1 aromatic carbocycles. The Morgan fingerprint density at radius 3 is 2.15 bits per heavy atom. The van der Waals surface area contributed by atoms with Crippen LogP contribution in [0.25, 0.3) is 0 Å². The molecule has 0 aliphatic rings. The van der Waals surface area contributed by atoms with Crippen LogP contribution in [0.1, 0.15) is 12.0 Å². The van der Waals surface area contributed by atoms with Crippen molar-refractivity contribution >= 4 is 31.9 Å². The summed E-state index contributed by atoms with van der Waals surface area (Å²) in [4.78, 5) is 0. The summed E-state index contributed by atoms with van der Waals surface area (Å²) >= 11 is 5.25. The Morgan fingerprint density at radius 1 is 1.15 bits per heavy atom. The predicted octanol–water partition coefficient (Wildman–Crippen LogP) is 4.43. The molecule has 1 aromatic rings. The highest BCUT2D eigenvalue weighted by Crippen LogP contribution is 2.35. The molecule has 0 radical (unpaired) electrons. The largest absolute Gasteiger partial charge is 0.267 e. The van der Waals surface area contributed by atoms with Gasteiger partial charge in [-0.3, -0.25) is 0 Å². The van der Waals surface area contributed by atoms with Gasteiger partial charge in [0.1, 0.15) is 5.82 Å². The topological polar surface area (TPSA) is 0 Å². The van der Waals surface area contributed by atoms with E-state index >= 15 is 0 Å². The highest BCUT2D eigenvalue weighted by atomic mass is 79.9. The van der Waals surface area contributed by atoms with E-state index in [1.165, 1.54) is 0 Å². The number of benzene rings is 1. The van der Waals surface area contributed by atoms with Gasteiger partial charge in [0.15, 0.2) is 5.82 Å². The molecule has 0 nitrogen and oxygen atoms in total. The van der Waals surface area contributed by atoms with Crippen molar-refractivity contribution in [1.29, 1.82) is 0 Å². The highest BCUT2D eigenvalue weighted by molar-refractivity contribution is 9.11. The monoisotopic (exact) mass is 320 g/mol. The molecule has 0 bridgehead atoms. The third-order valence-electron chi connectivity index (χ3n) is 1.37. The quantitative estimate of drug-likeness (QED) is 0.408. The van der Waals surface area contributed by atoms with Gasteiger partial charge in [0, 0.05) is 0 Å². The zero-order valence-electron chi connectivity index (χ0n) is 5.92. The number of alkyl halides is 2. The van der Waals surface area contributed by atoms with Crippen molar-refractivity contribution in [2.45, 2.75) is 6.43 Å². The van der Waals surface area contributed by atoms with Crippen molar-refractivity contribution in [3.05, 3.63) is 32.2 Å². The molecule has 0 saturated carbocycles. The standard InChI is InChI=1S/C7H2Br2F4/c8-2-1-3(10)4(7(12)13)5(9)6(2)11/h1,7H. The first-order valence-corrected chi connectivity index (χ1v) is 4.64. The average Bonchev–Trinajstić information content (AvgIpc) is 1.99. The molecule has 6 heteroatoms. The van der Waals surface area contributed by atoms with Crippen molar-refractivity contribution < 1.29 is 17.6 Å². The van der Waals surface area contributed by atoms with Crippen molar-refractivity contribution in [2.24, 2.45) is 0 Å². The van der Waals surface area contributed by atoms with Gasteiger partial charge in [-0.15, -0.1) is 0 Å². The van der Waals surface area contributed by atoms with E-state index in [2.05, 4.69) is 31.9 Å². The first-order valence-electron chi connectivity index (χ1n) is 3.06. The Bertz CT molecular complexity index is 338. The number of hydrogen-bond acceptors (Lipinski definition) is 0. The summed E-state index contributed by atoms with van der Waals surface area (Å²) in [7, 11) is 0.